The number of carbonyl (C=O) groups is 1. The molecule has 0 fully saturated rings. The lowest BCUT2D eigenvalue weighted by atomic mass is 10.2. The van der Waals surface area contributed by atoms with Crippen LogP contribution in [-0.2, 0) is 6.61 Å². The Bertz CT molecular complexity index is 1070. The highest BCUT2D eigenvalue weighted by atomic mass is 19.1. The number of anilines is 1. The molecule has 0 atom stereocenters. The van der Waals surface area contributed by atoms with Crippen molar-refractivity contribution in [2.45, 2.75) is 6.61 Å². The topological polar surface area (TPSA) is 104 Å². The van der Waals surface area contributed by atoms with Gasteiger partial charge in [-0.2, -0.15) is 0 Å². The molecule has 1 aromatic heterocycles. The van der Waals surface area contributed by atoms with Crippen molar-refractivity contribution in [1.82, 2.24) is 0 Å². The number of hydrogen-bond donors (Lipinski definition) is 1. The summed E-state index contributed by atoms with van der Waals surface area (Å²) < 4.78 is 42.0. The van der Waals surface area contributed by atoms with Crippen LogP contribution in [0.15, 0.2) is 52.9 Å². The number of hydrogen-bond acceptors (Lipinski definition) is 6. The smallest absolute Gasteiger partial charge is 0.291 e. The molecule has 0 unspecified atom stereocenters. The normalized spacial score (nSPS) is 10.4. The van der Waals surface area contributed by atoms with E-state index in [2.05, 4.69) is 5.32 Å². The first-order valence-corrected chi connectivity index (χ1v) is 8.17. The number of non-ortho nitro benzene ring substituents is 1. The van der Waals surface area contributed by atoms with E-state index in [0.29, 0.717) is 6.07 Å². The molecule has 0 aliphatic rings. The first kappa shape index (κ1) is 19.8. The third-order valence-corrected chi connectivity index (χ3v) is 3.74. The fraction of sp³-hybridized carbons (Fsp3) is 0.105. The standard InChI is InChI=1S/C19H14F2N2O6/c1-27-15-8-12(7-13(9-15)23(25)26)22-19(24)18-5-3-14(29-18)10-28-17-4-2-11(20)6-16(17)21/h2-9H,10H2,1H3,(H,22,24). The summed E-state index contributed by atoms with van der Waals surface area (Å²) in [6, 6.07) is 9.48. The number of furan rings is 1. The van der Waals surface area contributed by atoms with E-state index in [1.165, 1.54) is 37.4 Å². The van der Waals surface area contributed by atoms with Crippen molar-refractivity contribution in [2.24, 2.45) is 0 Å². The monoisotopic (exact) mass is 404 g/mol. The molecule has 1 amide bonds. The molecule has 0 saturated heterocycles. The van der Waals surface area contributed by atoms with Crippen LogP contribution in [-0.4, -0.2) is 17.9 Å². The lowest BCUT2D eigenvalue weighted by molar-refractivity contribution is -0.384. The molecule has 0 spiro atoms. The zero-order valence-corrected chi connectivity index (χ0v) is 15.0. The highest BCUT2D eigenvalue weighted by Crippen LogP contribution is 2.26. The van der Waals surface area contributed by atoms with E-state index >= 15 is 0 Å². The second kappa shape index (κ2) is 8.38. The first-order valence-electron chi connectivity index (χ1n) is 8.17. The van der Waals surface area contributed by atoms with E-state index in [-0.39, 0.29) is 41.0 Å². The van der Waals surface area contributed by atoms with Gasteiger partial charge in [0.05, 0.1) is 23.8 Å². The van der Waals surface area contributed by atoms with E-state index in [4.69, 9.17) is 13.9 Å². The van der Waals surface area contributed by atoms with Crippen LogP contribution in [0.25, 0.3) is 0 Å². The number of nitrogens with zero attached hydrogens (tertiary/aromatic N) is 1. The largest absolute Gasteiger partial charge is 0.496 e. The zero-order chi connectivity index (χ0) is 21.0. The highest BCUT2D eigenvalue weighted by molar-refractivity contribution is 6.02. The maximum Gasteiger partial charge on any atom is 0.291 e. The number of rotatable bonds is 7. The molecule has 0 radical (unpaired) electrons. The number of benzene rings is 2. The number of carbonyl (C=O) groups excluding carboxylic acids is 1. The van der Waals surface area contributed by atoms with Gasteiger partial charge in [-0.1, -0.05) is 0 Å². The van der Waals surface area contributed by atoms with Gasteiger partial charge in [0.25, 0.3) is 11.6 Å². The van der Waals surface area contributed by atoms with Crippen molar-refractivity contribution < 1.29 is 32.4 Å². The van der Waals surface area contributed by atoms with Gasteiger partial charge < -0.3 is 19.2 Å². The Morgan fingerprint density at radius 2 is 1.97 bits per heavy atom. The predicted octanol–water partition coefficient (Wildman–Crippen LogP) is 4.31. The Hall–Kier alpha value is -3.95. The van der Waals surface area contributed by atoms with E-state index < -0.39 is 22.5 Å². The number of nitro benzene ring substituents is 1. The van der Waals surface area contributed by atoms with Gasteiger partial charge in [-0.15, -0.1) is 0 Å². The van der Waals surface area contributed by atoms with Crippen molar-refractivity contribution in [2.75, 3.05) is 12.4 Å². The summed E-state index contributed by atoms with van der Waals surface area (Å²) in [5.41, 5.74) is -0.113. The van der Waals surface area contributed by atoms with Gasteiger partial charge in [0.15, 0.2) is 17.3 Å². The van der Waals surface area contributed by atoms with E-state index in [1.807, 2.05) is 0 Å². The second-order valence-corrected chi connectivity index (χ2v) is 5.76. The van der Waals surface area contributed by atoms with Gasteiger partial charge in [0.1, 0.15) is 23.9 Å². The average Bonchev–Trinajstić information content (AvgIpc) is 3.16. The van der Waals surface area contributed by atoms with Gasteiger partial charge in [0, 0.05) is 18.2 Å². The van der Waals surface area contributed by atoms with Gasteiger partial charge in [-0.3, -0.25) is 14.9 Å². The summed E-state index contributed by atoms with van der Waals surface area (Å²) in [5, 5.41) is 13.4. The van der Waals surface area contributed by atoms with Gasteiger partial charge >= 0.3 is 0 Å². The fourth-order valence-electron chi connectivity index (χ4n) is 2.39. The summed E-state index contributed by atoms with van der Waals surface area (Å²) in [4.78, 5) is 22.7. The molecule has 3 aromatic rings. The predicted molar refractivity (Wildman–Crippen MR) is 97.0 cm³/mol. The molecule has 2 aromatic carbocycles. The SMILES string of the molecule is COc1cc(NC(=O)c2ccc(COc3ccc(F)cc3F)o2)cc([N+](=O)[O-])c1. The van der Waals surface area contributed by atoms with Crippen LogP contribution >= 0.6 is 0 Å². The van der Waals surface area contributed by atoms with E-state index in [9.17, 15) is 23.7 Å². The van der Waals surface area contributed by atoms with Crippen LogP contribution in [0.3, 0.4) is 0 Å². The number of nitrogens with one attached hydrogen (secondary N) is 1. The number of halogens is 2. The van der Waals surface area contributed by atoms with Crippen LogP contribution in [0, 0.1) is 21.7 Å². The molecule has 1 heterocycles. The zero-order valence-electron chi connectivity index (χ0n) is 15.0. The second-order valence-electron chi connectivity index (χ2n) is 5.76. The van der Waals surface area contributed by atoms with Gasteiger partial charge in [-0.25, -0.2) is 8.78 Å². The number of nitro groups is 1. The molecule has 1 N–H and O–H groups in total. The summed E-state index contributed by atoms with van der Waals surface area (Å²) in [6.45, 7) is -0.194. The Kier molecular flexibility index (Phi) is 5.72. The lowest BCUT2D eigenvalue weighted by Crippen LogP contribution is -2.11. The molecule has 29 heavy (non-hydrogen) atoms. The van der Waals surface area contributed by atoms with Crippen LogP contribution in [0.4, 0.5) is 20.2 Å². The maximum absolute atomic E-state index is 13.6. The number of amides is 1. The lowest BCUT2D eigenvalue weighted by Gasteiger charge is -2.07. The molecular weight excluding hydrogens is 390 g/mol. The Morgan fingerprint density at radius 3 is 2.66 bits per heavy atom. The van der Waals surface area contributed by atoms with Crippen LogP contribution in [0.2, 0.25) is 0 Å². The highest BCUT2D eigenvalue weighted by Gasteiger charge is 2.16. The molecule has 0 aliphatic heterocycles. The van der Waals surface area contributed by atoms with Crippen molar-refractivity contribution in [3.63, 3.8) is 0 Å². The van der Waals surface area contributed by atoms with E-state index in [0.717, 1.165) is 12.1 Å². The maximum atomic E-state index is 13.6. The number of ether oxygens (including phenoxy) is 2. The summed E-state index contributed by atoms with van der Waals surface area (Å²) in [5.74, 6) is -2.10. The van der Waals surface area contributed by atoms with Crippen molar-refractivity contribution in [1.29, 1.82) is 0 Å². The minimum atomic E-state index is -0.867. The van der Waals surface area contributed by atoms with E-state index in [1.54, 1.807) is 0 Å². The molecule has 0 bridgehead atoms. The Balaban J connectivity index is 1.68. The summed E-state index contributed by atoms with van der Waals surface area (Å²) in [6.07, 6.45) is 0. The quantitative estimate of drug-likeness (QED) is 0.465. The molecule has 150 valence electrons. The molecule has 8 nitrogen and oxygen atoms in total. The van der Waals surface area contributed by atoms with Crippen molar-refractivity contribution in [3.8, 4) is 11.5 Å². The Labute approximate surface area is 162 Å². The molecule has 3 rings (SSSR count). The molecule has 0 aliphatic carbocycles. The average molecular weight is 404 g/mol. The van der Waals surface area contributed by atoms with Crippen molar-refractivity contribution >= 4 is 17.3 Å². The molecule has 0 saturated carbocycles. The molecule has 10 heteroatoms. The summed E-state index contributed by atoms with van der Waals surface area (Å²) >= 11 is 0. The van der Waals surface area contributed by atoms with Crippen LogP contribution in [0.1, 0.15) is 16.3 Å². The fourth-order valence-corrected chi connectivity index (χ4v) is 2.39. The Morgan fingerprint density at radius 1 is 1.17 bits per heavy atom. The van der Waals surface area contributed by atoms with Gasteiger partial charge in [0.2, 0.25) is 0 Å². The minimum absolute atomic E-state index is 0.0892. The minimum Gasteiger partial charge on any atom is -0.496 e. The van der Waals surface area contributed by atoms with Gasteiger partial charge in [-0.05, 0) is 24.3 Å². The molecular formula is C19H14F2N2O6. The first-order chi connectivity index (χ1) is 13.9. The van der Waals surface area contributed by atoms with Crippen molar-refractivity contribution in [3.05, 3.63) is 81.8 Å². The summed E-state index contributed by atoms with van der Waals surface area (Å²) in [7, 11) is 1.34. The third kappa shape index (κ3) is 4.86. The van der Waals surface area contributed by atoms with Crippen LogP contribution in [0.5, 0.6) is 11.5 Å². The number of methoxy groups -OCH3 is 1. The third-order valence-electron chi connectivity index (χ3n) is 3.74. The van der Waals surface area contributed by atoms with Crippen LogP contribution < -0.4 is 14.8 Å².